The first-order valence-electron chi connectivity index (χ1n) is 11.5. The molecule has 0 bridgehead atoms. The van der Waals surface area contributed by atoms with Crippen LogP contribution >= 0.6 is 0 Å². The summed E-state index contributed by atoms with van der Waals surface area (Å²) in [7, 11) is 0. The fourth-order valence-electron chi connectivity index (χ4n) is 4.43. The molecule has 0 fully saturated rings. The monoisotopic (exact) mass is 378 g/mol. The van der Waals surface area contributed by atoms with Crippen molar-refractivity contribution in [3.05, 3.63) is 108 Å². The highest BCUT2D eigenvalue weighted by Gasteiger charge is 2.35. The van der Waals surface area contributed by atoms with Crippen molar-refractivity contribution >= 4 is 11.4 Å². The Hall–Kier alpha value is -3.32. The Kier molecular flexibility index (Phi) is 3.35. The summed E-state index contributed by atoms with van der Waals surface area (Å²) >= 11 is 0. The number of nitrogens with one attached hydrogen (secondary N) is 1. The summed E-state index contributed by atoms with van der Waals surface area (Å²) in [6.07, 6.45) is 0. The standard InChI is InChI=1S/C28H25N/c1-19-12-14-20(15-13-19)22-8-5-7-11-27(22)29-21-16-17-24-23-9-4-6-10-25(23)28(2,3)26(24)18-21/h4-18,29H,1-3H3/i1D3. The average Bonchev–Trinajstić information content (AvgIpc) is 3.01. The van der Waals surface area contributed by atoms with Gasteiger partial charge in [0.2, 0.25) is 0 Å². The lowest BCUT2D eigenvalue weighted by atomic mass is 9.82. The van der Waals surface area contributed by atoms with Crippen molar-refractivity contribution in [1.82, 2.24) is 0 Å². The number of para-hydroxylation sites is 1. The van der Waals surface area contributed by atoms with Crippen molar-refractivity contribution in [3.63, 3.8) is 0 Å². The van der Waals surface area contributed by atoms with Crippen LogP contribution < -0.4 is 5.32 Å². The van der Waals surface area contributed by atoms with Gasteiger partial charge >= 0.3 is 0 Å². The normalized spacial score (nSPS) is 15.6. The lowest BCUT2D eigenvalue weighted by Gasteiger charge is -2.22. The Labute approximate surface area is 177 Å². The first-order valence-corrected chi connectivity index (χ1v) is 9.96. The van der Waals surface area contributed by atoms with Crippen molar-refractivity contribution in [2.75, 3.05) is 5.32 Å². The summed E-state index contributed by atoms with van der Waals surface area (Å²) in [5, 5.41) is 3.60. The predicted octanol–water partition coefficient (Wildman–Crippen LogP) is 7.71. The quantitative estimate of drug-likeness (QED) is 0.385. The molecule has 4 aromatic carbocycles. The Morgan fingerprint density at radius 1 is 0.690 bits per heavy atom. The van der Waals surface area contributed by atoms with Crippen LogP contribution in [-0.4, -0.2) is 0 Å². The van der Waals surface area contributed by atoms with E-state index in [1.165, 1.54) is 22.3 Å². The smallest absolute Gasteiger partial charge is 0.0463 e. The van der Waals surface area contributed by atoms with Crippen LogP contribution in [0.2, 0.25) is 0 Å². The number of anilines is 2. The van der Waals surface area contributed by atoms with Crippen molar-refractivity contribution < 1.29 is 4.11 Å². The highest BCUT2D eigenvalue weighted by Crippen LogP contribution is 2.49. The second kappa shape index (κ2) is 6.63. The lowest BCUT2D eigenvalue weighted by molar-refractivity contribution is 0.660. The fourth-order valence-corrected chi connectivity index (χ4v) is 4.43. The van der Waals surface area contributed by atoms with Gasteiger partial charge in [-0.25, -0.2) is 0 Å². The number of hydrogen-bond acceptors (Lipinski definition) is 1. The third-order valence-electron chi connectivity index (χ3n) is 5.99. The fraction of sp³-hybridized carbons (Fsp3) is 0.143. The molecule has 0 atom stereocenters. The highest BCUT2D eigenvalue weighted by atomic mass is 14.9. The zero-order valence-corrected chi connectivity index (χ0v) is 16.7. The van der Waals surface area contributed by atoms with Crippen LogP contribution in [0.3, 0.4) is 0 Å². The van der Waals surface area contributed by atoms with E-state index in [-0.39, 0.29) is 5.41 Å². The largest absolute Gasteiger partial charge is 0.355 e. The first kappa shape index (κ1) is 14.6. The molecule has 0 heterocycles. The van der Waals surface area contributed by atoms with Crippen LogP contribution in [0, 0.1) is 6.85 Å². The van der Waals surface area contributed by atoms with Gasteiger partial charge in [-0.15, -0.1) is 0 Å². The van der Waals surface area contributed by atoms with E-state index in [2.05, 4.69) is 73.8 Å². The Balaban J connectivity index is 1.50. The van der Waals surface area contributed by atoms with Gasteiger partial charge < -0.3 is 5.32 Å². The molecule has 0 amide bonds. The Bertz CT molecular complexity index is 1300. The summed E-state index contributed by atoms with van der Waals surface area (Å²) in [5.41, 5.74) is 9.64. The second-order valence-corrected chi connectivity index (χ2v) is 8.18. The first-order chi connectivity index (χ1) is 15.2. The average molecular weight is 379 g/mol. The minimum absolute atomic E-state index is 0.0474. The van der Waals surface area contributed by atoms with Gasteiger partial charge in [-0.2, -0.15) is 0 Å². The molecule has 5 rings (SSSR count). The predicted molar refractivity (Wildman–Crippen MR) is 124 cm³/mol. The van der Waals surface area contributed by atoms with E-state index in [1.807, 2.05) is 24.3 Å². The summed E-state index contributed by atoms with van der Waals surface area (Å²) in [6.45, 7) is 2.47. The summed E-state index contributed by atoms with van der Waals surface area (Å²) in [4.78, 5) is 0. The molecule has 1 heteroatoms. The lowest BCUT2D eigenvalue weighted by Crippen LogP contribution is -2.15. The summed E-state index contributed by atoms with van der Waals surface area (Å²) in [6, 6.07) is 30.5. The topological polar surface area (TPSA) is 12.0 Å². The maximum absolute atomic E-state index is 7.60. The zero-order valence-electron chi connectivity index (χ0n) is 19.7. The van der Waals surface area contributed by atoms with E-state index < -0.39 is 6.85 Å². The van der Waals surface area contributed by atoms with E-state index in [0.717, 1.165) is 22.5 Å². The third-order valence-corrected chi connectivity index (χ3v) is 5.99. The number of aryl methyl sites for hydroxylation is 1. The van der Waals surface area contributed by atoms with Gasteiger partial charge in [-0.1, -0.05) is 92.2 Å². The minimum Gasteiger partial charge on any atom is -0.355 e. The van der Waals surface area contributed by atoms with E-state index in [9.17, 15) is 0 Å². The molecule has 0 aromatic heterocycles. The van der Waals surface area contributed by atoms with Crippen molar-refractivity contribution in [3.8, 4) is 22.3 Å². The third kappa shape index (κ3) is 2.94. The van der Waals surface area contributed by atoms with Gasteiger partial charge in [0.15, 0.2) is 0 Å². The van der Waals surface area contributed by atoms with Crippen LogP contribution in [0.15, 0.2) is 91.0 Å². The van der Waals surface area contributed by atoms with Gasteiger partial charge in [-0.3, -0.25) is 0 Å². The second-order valence-electron chi connectivity index (χ2n) is 8.18. The molecule has 0 spiro atoms. The maximum atomic E-state index is 7.60. The van der Waals surface area contributed by atoms with E-state index in [4.69, 9.17) is 4.11 Å². The molecule has 4 aromatic rings. The van der Waals surface area contributed by atoms with E-state index in [1.54, 1.807) is 12.1 Å². The maximum Gasteiger partial charge on any atom is 0.0463 e. The van der Waals surface area contributed by atoms with Gasteiger partial charge in [0, 0.05) is 26.5 Å². The molecule has 1 nitrogen and oxygen atoms in total. The van der Waals surface area contributed by atoms with Crippen LogP contribution in [0.1, 0.15) is 34.7 Å². The molecule has 1 aliphatic rings. The molecule has 0 saturated carbocycles. The number of benzene rings is 4. The van der Waals surface area contributed by atoms with Gasteiger partial charge in [0.25, 0.3) is 0 Å². The molecule has 0 unspecified atom stereocenters. The van der Waals surface area contributed by atoms with Crippen LogP contribution in [0.25, 0.3) is 22.3 Å². The number of fused-ring (bicyclic) bond motifs is 3. The summed E-state index contributed by atoms with van der Waals surface area (Å²) < 4.78 is 22.8. The van der Waals surface area contributed by atoms with E-state index in [0.29, 0.717) is 5.56 Å². The van der Waals surface area contributed by atoms with Gasteiger partial charge in [0.05, 0.1) is 0 Å². The van der Waals surface area contributed by atoms with Gasteiger partial charge in [0.1, 0.15) is 0 Å². The van der Waals surface area contributed by atoms with Crippen LogP contribution in [0.5, 0.6) is 0 Å². The number of rotatable bonds is 3. The summed E-state index contributed by atoms with van der Waals surface area (Å²) in [5.74, 6) is 0. The minimum atomic E-state index is -2.09. The molecule has 0 radical (unpaired) electrons. The van der Waals surface area contributed by atoms with Crippen molar-refractivity contribution in [2.24, 2.45) is 0 Å². The number of hydrogen-bond donors (Lipinski definition) is 1. The molecular formula is C28H25N. The molecule has 0 aliphatic heterocycles. The molecule has 142 valence electrons. The molecule has 1 aliphatic carbocycles. The molecule has 0 saturated heterocycles. The van der Waals surface area contributed by atoms with Crippen LogP contribution in [0.4, 0.5) is 11.4 Å². The van der Waals surface area contributed by atoms with E-state index >= 15 is 0 Å². The Morgan fingerprint density at radius 3 is 2.17 bits per heavy atom. The molecular weight excluding hydrogens is 350 g/mol. The van der Waals surface area contributed by atoms with Crippen LogP contribution in [-0.2, 0) is 5.41 Å². The SMILES string of the molecule is [2H]C([2H])([2H])c1ccc(-c2ccccc2Nc2ccc3c(c2)C(C)(C)c2ccccc2-3)cc1. The van der Waals surface area contributed by atoms with Gasteiger partial charge in [-0.05, 0) is 52.9 Å². The van der Waals surface area contributed by atoms with Crippen molar-refractivity contribution in [1.29, 1.82) is 0 Å². The zero-order chi connectivity index (χ0) is 22.5. The van der Waals surface area contributed by atoms with Crippen molar-refractivity contribution in [2.45, 2.75) is 26.1 Å². The Morgan fingerprint density at radius 2 is 1.38 bits per heavy atom. The highest BCUT2D eigenvalue weighted by molar-refractivity contribution is 5.85. The molecule has 29 heavy (non-hydrogen) atoms. The molecule has 1 N–H and O–H groups in total.